The second-order valence-electron chi connectivity index (χ2n) is 5.58. The van der Waals surface area contributed by atoms with E-state index < -0.39 is 10.8 Å². The summed E-state index contributed by atoms with van der Waals surface area (Å²) in [4.78, 5) is 27.4. The summed E-state index contributed by atoms with van der Waals surface area (Å²) in [6.45, 7) is 0. The number of ether oxygens (including phenoxy) is 1. The van der Waals surface area contributed by atoms with Crippen LogP contribution in [0.4, 0.5) is 22.9 Å². The second-order valence-corrected chi connectivity index (χ2v) is 5.58. The van der Waals surface area contributed by atoms with Crippen LogP contribution in [0.5, 0.6) is 5.75 Å². The molecule has 9 heteroatoms. The van der Waals surface area contributed by atoms with E-state index in [0.29, 0.717) is 17.3 Å². The van der Waals surface area contributed by atoms with E-state index in [0.717, 1.165) is 0 Å². The Morgan fingerprint density at radius 3 is 2.50 bits per heavy atom. The Balaban J connectivity index is 1.79. The van der Waals surface area contributed by atoms with Gasteiger partial charge < -0.3 is 10.1 Å². The van der Waals surface area contributed by atoms with E-state index in [-0.39, 0.29) is 16.9 Å². The van der Waals surface area contributed by atoms with E-state index in [1.807, 2.05) is 12.1 Å². The molecule has 0 aliphatic rings. The van der Waals surface area contributed by atoms with Crippen LogP contribution in [0.2, 0.25) is 0 Å². The van der Waals surface area contributed by atoms with Crippen LogP contribution in [0.3, 0.4) is 0 Å². The molecule has 0 unspecified atom stereocenters. The number of methoxy groups -OCH3 is 1. The maximum absolute atomic E-state index is 12.6. The Morgan fingerprint density at radius 2 is 1.75 bits per heavy atom. The van der Waals surface area contributed by atoms with Gasteiger partial charge in [0.15, 0.2) is 0 Å². The molecule has 0 spiro atoms. The van der Waals surface area contributed by atoms with Crippen LogP contribution >= 0.6 is 0 Å². The highest BCUT2D eigenvalue weighted by atomic mass is 16.6. The predicted octanol–water partition coefficient (Wildman–Crippen LogP) is 3.50. The molecule has 0 fully saturated rings. The van der Waals surface area contributed by atoms with Gasteiger partial charge in [-0.15, -0.1) is 0 Å². The number of hydrogen-bond donors (Lipinski definition) is 3. The maximum atomic E-state index is 12.6. The van der Waals surface area contributed by atoms with Crippen LogP contribution < -0.4 is 20.9 Å². The molecule has 0 atom stereocenters. The first-order valence-electron chi connectivity index (χ1n) is 8.25. The van der Waals surface area contributed by atoms with Gasteiger partial charge in [-0.25, -0.2) is 4.98 Å². The number of rotatable bonds is 7. The standard InChI is InChI=1S/C19H17N5O4/c1-28-17-11-5-3-9-15(17)21-18-13(7-6-12-20-18)19(25)23-22-14-8-2-4-10-16(14)24(26)27/h2-12,22H,1H3,(H,20,21)(H,23,25). The number of hydrogen-bond acceptors (Lipinski definition) is 7. The number of carbonyl (C=O) groups is 1. The minimum atomic E-state index is -0.534. The van der Waals surface area contributed by atoms with Gasteiger partial charge in [0.1, 0.15) is 17.3 Å². The summed E-state index contributed by atoms with van der Waals surface area (Å²) in [5, 5.41) is 14.1. The lowest BCUT2D eigenvalue weighted by atomic mass is 10.2. The van der Waals surface area contributed by atoms with Gasteiger partial charge >= 0.3 is 0 Å². The van der Waals surface area contributed by atoms with E-state index in [2.05, 4.69) is 21.2 Å². The second kappa shape index (κ2) is 8.49. The first-order valence-corrected chi connectivity index (χ1v) is 8.25. The molecule has 2 aromatic carbocycles. The number of anilines is 3. The Morgan fingerprint density at radius 1 is 1.04 bits per heavy atom. The monoisotopic (exact) mass is 379 g/mol. The Labute approximate surface area is 160 Å². The van der Waals surface area contributed by atoms with Gasteiger partial charge in [-0.1, -0.05) is 24.3 Å². The van der Waals surface area contributed by atoms with E-state index in [1.54, 1.807) is 49.7 Å². The van der Waals surface area contributed by atoms with Crippen molar-refractivity contribution in [1.29, 1.82) is 0 Å². The Hall–Kier alpha value is -4.14. The number of nitrogens with zero attached hydrogens (tertiary/aromatic N) is 2. The van der Waals surface area contributed by atoms with Gasteiger partial charge in [-0.3, -0.25) is 25.8 Å². The smallest absolute Gasteiger partial charge is 0.294 e. The summed E-state index contributed by atoms with van der Waals surface area (Å²) in [5.41, 5.74) is 5.96. The van der Waals surface area contributed by atoms with Gasteiger partial charge in [-0.05, 0) is 30.3 Å². The van der Waals surface area contributed by atoms with E-state index in [1.165, 1.54) is 12.1 Å². The quantitative estimate of drug-likeness (QED) is 0.425. The minimum absolute atomic E-state index is 0.152. The molecule has 9 nitrogen and oxygen atoms in total. The summed E-state index contributed by atoms with van der Waals surface area (Å²) >= 11 is 0. The Bertz CT molecular complexity index is 1010. The highest BCUT2D eigenvalue weighted by Gasteiger charge is 2.16. The van der Waals surface area contributed by atoms with Crippen LogP contribution in [0.1, 0.15) is 10.4 Å². The number of aromatic nitrogens is 1. The average molecular weight is 379 g/mol. The molecule has 1 heterocycles. The largest absolute Gasteiger partial charge is 0.495 e. The van der Waals surface area contributed by atoms with Crippen LogP contribution in [-0.4, -0.2) is 22.9 Å². The third-order valence-electron chi connectivity index (χ3n) is 3.82. The summed E-state index contributed by atoms with van der Waals surface area (Å²) < 4.78 is 5.29. The fraction of sp³-hybridized carbons (Fsp3) is 0.0526. The number of nitrogens with one attached hydrogen (secondary N) is 3. The van der Waals surface area contributed by atoms with Crippen LogP contribution in [-0.2, 0) is 0 Å². The topological polar surface area (TPSA) is 118 Å². The van der Waals surface area contributed by atoms with Crippen LogP contribution in [0.25, 0.3) is 0 Å². The molecular weight excluding hydrogens is 362 g/mol. The van der Waals surface area contributed by atoms with Gasteiger partial charge in [0.05, 0.1) is 23.3 Å². The van der Waals surface area contributed by atoms with Crippen molar-refractivity contribution in [3.05, 3.63) is 82.5 Å². The Kier molecular flexibility index (Phi) is 5.66. The van der Waals surface area contributed by atoms with E-state index >= 15 is 0 Å². The molecule has 0 saturated carbocycles. The molecular formula is C19H17N5O4. The molecule has 1 aromatic heterocycles. The van der Waals surface area contributed by atoms with Crippen LogP contribution in [0.15, 0.2) is 66.9 Å². The summed E-state index contributed by atoms with van der Waals surface area (Å²) in [7, 11) is 1.54. The number of amides is 1. The number of pyridine rings is 1. The zero-order chi connectivity index (χ0) is 19.9. The zero-order valence-electron chi connectivity index (χ0n) is 14.9. The number of nitro groups is 1. The van der Waals surface area contributed by atoms with Gasteiger partial charge in [0, 0.05) is 12.3 Å². The van der Waals surface area contributed by atoms with Crippen molar-refractivity contribution in [1.82, 2.24) is 10.4 Å². The van der Waals surface area contributed by atoms with Crippen molar-refractivity contribution >= 4 is 28.8 Å². The molecule has 1 amide bonds. The molecule has 3 rings (SSSR count). The fourth-order valence-corrected chi connectivity index (χ4v) is 2.49. The summed E-state index contributed by atoms with van der Waals surface area (Å²) in [6, 6.07) is 16.4. The highest BCUT2D eigenvalue weighted by Crippen LogP contribution is 2.27. The number of benzene rings is 2. The molecule has 28 heavy (non-hydrogen) atoms. The van der Waals surface area contributed by atoms with Crippen molar-refractivity contribution in [3.63, 3.8) is 0 Å². The number of carbonyl (C=O) groups excluding carboxylic acids is 1. The fourth-order valence-electron chi connectivity index (χ4n) is 2.49. The van der Waals surface area contributed by atoms with Gasteiger partial charge in [0.2, 0.25) is 0 Å². The lowest BCUT2D eigenvalue weighted by Crippen LogP contribution is -2.30. The zero-order valence-corrected chi connectivity index (χ0v) is 14.9. The maximum Gasteiger partial charge on any atom is 0.294 e. The number of para-hydroxylation sites is 4. The lowest BCUT2D eigenvalue weighted by Gasteiger charge is -2.14. The normalized spacial score (nSPS) is 10.0. The third kappa shape index (κ3) is 4.15. The average Bonchev–Trinajstić information content (AvgIpc) is 2.73. The van der Waals surface area contributed by atoms with Crippen molar-refractivity contribution < 1.29 is 14.5 Å². The molecule has 3 aromatic rings. The minimum Gasteiger partial charge on any atom is -0.495 e. The van der Waals surface area contributed by atoms with Crippen LogP contribution in [0, 0.1) is 10.1 Å². The van der Waals surface area contributed by atoms with Crippen molar-refractivity contribution in [2.45, 2.75) is 0 Å². The van der Waals surface area contributed by atoms with Crippen molar-refractivity contribution in [3.8, 4) is 5.75 Å². The first-order chi connectivity index (χ1) is 13.6. The predicted molar refractivity (Wildman–Crippen MR) is 105 cm³/mol. The highest BCUT2D eigenvalue weighted by molar-refractivity contribution is 6.00. The van der Waals surface area contributed by atoms with Gasteiger partial charge in [-0.2, -0.15) is 0 Å². The molecule has 3 N–H and O–H groups in total. The summed E-state index contributed by atoms with van der Waals surface area (Å²) in [6.07, 6.45) is 1.55. The number of hydrazine groups is 1. The SMILES string of the molecule is COc1ccccc1Nc1ncccc1C(=O)NNc1ccccc1[N+](=O)[O-]. The number of nitro benzene ring substituents is 1. The lowest BCUT2D eigenvalue weighted by molar-refractivity contribution is -0.384. The van der Waals surface area contributed by atoms with E-state index in [4.69, 9.17) is 4.74 Å². The molecule has 0 radical (unpaired) electrons. The molecule has 0 bridgehead atoms. The molecule has 0 aliphatic carbocycles. The van der Waals surface area contributed by atoms with Crippen molar-refractivity contribution in [2.24, 2.45) is 0 Å². The molecule has 142 valence electrons. The summed E-state index contributed by atoms with van der Waals surface area (Å²) in [5.74, 6) is 0.398. The van der Waals surface area contributed by atoms with Crippen molar-refractivity contribution in [2.75, 3.05) is 17.9 Å². The first kappa shape index (κ1) is 18.6. The molecule has 0 saturated heterocycles. The van der Waals surface area contributed by atoms with Gasteiger partial charge in [0.25, 0.3) is 11.6 Å². The molecule has 0 aliphatic heterocycles. The van der Waals surface area contributed by atoms with E-state index in [9.17, 15) is 14.9 Å². The third-order valence-corrected chi connectivity index (χ3v) is 3.82.